The van der Waals surface area contributed by atoms with Crippen LogP contribution >= 0.6 is 11.3 Å². The maximum Gasteiger partial charge on any atom is 0.0795 e. The van der Waals surface area contributed by atoms with Gasteiger partial charge in [-0.2, -0.15) is 23.5 Å². The molecule has 6 heteroatoms. The average Bonchev–Trinajstić information content (AvgIpc) is 3.62. The van der Waals surface area contributed by atoms with Crippen LogP contribution in [0.25, 0.3) is 76.3 Å². The van der Waals surface area contributed by atoms with E-state index in [1.54, 1.807) is 23.6 Å². The van der Waals surface area contributed by atoms with Gasteiger partial charge in [0.25, 0.3) is 0 Å². The molecule has 9 rings (SSSR count). The summed E-state index contributed by atoms with van der Waals surface area (Å²) in [5.41, 5.74) is 9.30. The van der Waals surface area contributed by atoms with E-state index in [2.05, 4.69) is 97.4 Å². The molecule has 3 nitrogen and oxygen atoms in total. The number of aryl methyl sites for hydroxylation is 1. The fraction of sp³-hybridized carbons (Fsp3) is 0.0816. The van der Waals surface area contributed by atoms with E-state index in [1.165, 1.54) is 26.4 Å². The smallest absolute Gasteiger partial charge is 0.0795 e. The Morgan fingerprint density at radius 1 is 0.582 bits per heavy atom. The van der Waals surface area contributed by atoms with Crippen molar-refractivity contribution in [3.8, 4) is 56.2 Å². The van der Waals surface area contributed by atoms with Crippen LogP contribution in [0.4, 0.5) is 0 Å². The first-order valence-electron chi connectivity index (χ1n) is 19.4. The number of pyridine rings is 3. The zero-order valence-corrected chi connectivity index (χ0v) is 34.9. The second kappa shape index (κ2) is 16.6. The van der Waals surface area contributed by atoms with Crippen LogP contribution < -0.4 is 5.19 Å². The summed E-state index contributed by atoms with van der Waals surface area (Å²) in [5, 5.41) is 3.66. The summed E-state index contributed by atoms with van der Waals surface area (Å²) in [7, 11) is -1.31. The molecule has 0 spiro atoms. The van der Waals surface area contributed by atoms with Crippen molar-refractivity contribution in [1.82, 2.24) is 15.0 Å². The monoisotopic (exact) mass is 925 g/mol. The van der Waals surface area contributed by atoms with Crippen LogP contribution in [0.2, 0.25) is 19.6 Å². The zero-order chi connectivity index (χ0) is 39.6. The molecule has 0 fully saturated rings. The fourth-order valence-electron chi connectivity index (χ4n) is 6.45. The van der Waals surface area contributed by atoms with E-state index in [1.807, 2.05) is 91.1 Å². The van der Waals surface area contributed by atoms with Crippen molar-refractivity contribution in [2.24, 2.45) is 0 Å². The predicted molar refractivity (Wildman–Crippen MR) is 232 cm³/mol. The Kier molecular flexibility index (Phi) is 10.3. The van der Waals surface area contributed by atoms with Gasteiger partial charge in [0.2, 0.25) is 0 Å². The van der Waals surface area contributed by atoms with E-state index in [4.69, 9.17) is 14.1 Å². The van der Waals surface area contributed by atoms with Crippen LogP contribution in [0.15, 0.2) is 164 Å². The standard InChI is InChI=1S/C30H20NS.C19H19N2Si.Ir/c1-20-17-28(31-19-27(20)22-11-6-3-7-12-22)26-14-8-13-25-24-16-15-23(18-29(24)32-30(25)26)21-9-4-2-5-10-21;1-22(2,3)16-12-13-18(20-14-16)19-11-7-10-17(21-19)15-8-5-4-6-9-15;/h2-13,15-19H,1H3;4-10,12-14H,1-3H3;/q2*-1;/i1D3;;. The van der Waals surface area contributed by atoms with Gasteiger partial charge in [-0.3, -0.25) is 4.98 Å². The average molecular weight is 925 g/mol. The molecule has 0 amide bonds. The SMILES string of the molecule is C[Si](C)(C)c1ccc(-c2[c-]ccc(-c3ccccc3)n2)nc1.[2H]C([2H])([2H])c1cc(-c2[c-]ccc3c2sc2cc(-c4ccccc4)ccc23)ncc1-c1ccccc1.[Ir]. The molecular weight excluding hydrogens is 883 g/mol. The zero-order valence-electron chi connectivity index (χ0n) is 33.7. The largest absolute Gasteiger partial charge is 0.318 e. The van der Waals surface area contributed by atoms with Crippen molar-refractivity contribution >= 4 is 44.8 Å². The van der Waals surface area contributed by atoms with Crippen molar-refractivity contribution in [1.29, 1.82) is 0 Å². The molecule has 271 valence electrons. The first-order valence-corrected chi connectivity index (χ1v) is 22.2. The van der Waals surface area contributed by atoms with Gasteiger partial charge in [-0.1, -0.05) is 146 Å². The molecule has 0 saturated carbocycles. The minimum absolute atomic E-state index is 0. The number of thiophene rings is 1. The van der Waals surface area contributed by atoms with Crippen molar-refractivity contribution in [3.05, 3.63) is 182 Å². The van der Waals surface area contributed by atoms with E-state index in [0.29, 0.717) is 16.8 Å². The third kappa shape index (κ3) is 8.34. The molecule has 9 aromatic rings. The summed E-state index contributed by atoms with van der Waals surface area (Å²) in [4.78, 5) is 14.0. The second-order valence-electron chi connectivity index (χ2n) is 14.1. The number of benzene rings is 5. The number of rotatable bonds is 6. The topological polar surface area (TPSA) is 38.7 Å². The van der Waals surface area contributed by atoms with Gasteiger partial charge in [0.15, 0.2) is 0 Å². The first kappa shape index (κ1) is 34.1. The minimum Gasteiger partial charge on any atom is -0.318 e. The Labute approximate surface area is 346 Å². The van der Waals surface area contributed by atoms with Gasteiger partial charge in [-0.15, -0.1) is 29.8 Å². The number of aromatic nitrogens is 3. The van der Waals surface area contributed by atoms with E-state index >= 15 is 0 Å². The Balaban J connectivity index is 0.000000192. The number of hydrogen-bond acceptors (Lipinski definition) is 4. The summed E-state index contributed by atoms with van der Waals surface area (Å²) in [6, 6.07) is 57.0. The second-order valence-corrected chi connectivity index (χ2v) is 20.3. The maximum absolute atomic E-state index is 8.18. The Morgan fingerprint density at radius 3 is 1.93 bits per heavy atom. The minimum atomic E-state index is -2.26. The fourth-order valence-corrected chi connectivity index (χ4v) is 8.73. The summed E-state index contributed by atoms with van der Waals surface area (Å²) in [5.74, 6) is 0. The van der Waals surface area contributed by atoms with Crippen LogP contribution in [0.1, 0.15) is 9.68 Å². The molecule has 0 unspecified atom stereocenters. The number of hydrogen-bond donors (Lipinski definition) is 0. The molecule has 0 saturated heterocycles. The Morgan fingerprint density at radius 2 is 1.25 bits per heavy atom. The molecule has 0 bridgehead atoms. The third-order valence-electron chi connectivity index (χ3n) is 9.42. The van der Waals surface area contributed by atoms with Gasteiger partial charge < -0.3 is 9.97 Å². The molecule has 55 heavy (non-hydrogen) atoms. The molecule has 1 radical (unpaired) electrons. The molecule has 4 heterocycles. The maximum atomic E-state index is 8.18. The quantitative estimate of drug-likeness (QED) is 0.123. The van der Waals surface area contributed by atoms with Crippen molar-refractivity contribution in [2.45, 2.75) is 26.5 Å². The van der Waals surface area contributed by atoms with Crippen molar-refractivity contribution in [2.75, 3.05) is 0 Å². The van der Waals surface area contributed by atoms with Gasteiger partial charge in [-0.05, 0) is 73.1 Å². The van der Waals surface area contributed by atoms with Crippen LogP contribution in [-0.2, 0) is 20.1 Å². The number of fused-ring (bicyclic) bond motifs is 3. The molecule has 4 aromatic heterocycles. The van der Waals surface area contributed by atoms with Gasteiger partial charge in [0.1, 0.15) is 0 Å². The van der Waals surface area contributed by atoms with Gasteiger partial charge in [-0.25, -0.2) is 0 Å². The molecule has 0 aliphatic rings. The van der Waals surface area contributed by atoms with Gasteiger partial charge >= 0.3 is 0 Å². The molecule has 0 aliphatic heterocycles. The normalized spacial score (nSPS) is 12.2. The van der Waals surface area contributed by atoms with E-state index in [0.717, 1.165) is 43.9 Å². The first-order chi connectivity index (χ1) is 27.5. The van der Waals surface area contributed by atoms with Crippen LogP contribution in [0, 0.1) is 19.0 Å². The van der Waals surface area contributed by atoms with Gasteiger partial charge in [0.05, 0.1) is 8.07 Å². The molecule has 0 N–H and O–H groups in total. The number of nitrogens with zero attached hydrogens (tertiary/aromatic N) is 3. The molecular formula is C49H39IrN3SSi-2. The van der Waals surface area contributed by atoms with E-state index in [-0.39, 0.29) is 20.1 Å². The molecule has 0 aliphatic carbocycles. The Bertz CT molecular complexity index is 2810. The third-order valence-corrected chi connectivity index (χ3v) is 12.6. The Hall–Kier alpha value is -5.36. The van der Waals surface area contributed by atoms with Crippen LogP contribution in [0.5, 0.6) is 0 Å². The summed E-state index contributed by atoms with van der Waals surface area (Å²) in [6.45, 7) is 4.71. The summed E-state index contributed by atoms with van der Waals surface area (Å²) in [6.07, 6.45) is 3.67. The van der Waals surface area contributed by atoms with Crippen LogP contribution in [-0.4, -0.2) is 23.0 Å². The van der Waals surface area contributed by atoms with E-state index < -0.39 is 14.9 Å². The van der Waals surface area contributed by atoms with Gasteiger partial charge in [0, 0.05) is 52.6 Å². The molecule has 5 aromatic carbocycles. The van der Waals surface area contributed by atoms with E-state index in [9.17, 15) is 0 Å². The van der Waals surface area contributed by atoms with Crippen LogP contribution in [0.3, 0.4) is 0 Å². The summed E-state index contributed by atoms with van der Waals surface area (Å²) >= 11 is 1.69. The predicted octanol–water partition coefficient (Wildman–Crippen LogP) is 12.7. The molecule has 0 atom stereocenters. The van der Waals surface area contributed by atoms with Crippen molar-refractivity contribution in [3.63, 3.8) is 0 Å². The van der Waals surface area contributed by atoms with Crippen molar-refractivity contribution < 1.29 is 24.2 Å². The summed E-state index contributed by atoms with van der Waals surface area (Å²) < 4.78 is 26.8.